The Kier molecular flexibility index (Phi) is 5.47. The summed E-state index contributed by atoms with van der Waals surface area (Å²) in [7, 11) is 0. The lowest BCUT2D eigenvalue weighted by Crippen LogP contribution is -2.31. The van der Waals surface area contributed by atoms with E-state index in [-0.39, 0.29) is 12.5 Å². The van der Waals surface area contributed by atoms with Crippen molar-refractivity contribution in [1.82, 2.24) is 0 Å². The molecule has 5 heteroatoms. The van der Waals surface area contributed by atoms with E-state index < -0.39 is 12.1 Å². The Morgan fingerprint density at radius 3 is 2.69 bits per heavy atom. The van der Waals surface area contributed by atoms with E-state index in [0.29, 0.717) is 11.4 Å². The van der Waals surface area contributed by atoms with Crippen LogP contribution in [0.15, 0.2) is 60.7 Å². The van der Waals surface area contributed by atoms with Crippen LogP contribution in [0.25, 0.3) is 10.8 Å². The van der Waals surface area contributed by atoms with Gasteiger partial charge >= 0.3 is 5.97 Å². The van der Waals surface area contributed by atoms with Gasteiger partial charge in [-0.15, -0.1) is 0 Å². The first-order chi connectivity index (χ1) is 14.1. The van der Waals surface area contributed by atoms with Gasteiger partial charge in [0, 0.05) is 11.1 Å². The molecular weight excluding hydrogens is 366 g/mol. The highest BCUT2D eigenvalue weighted by Crippen LogP contribution is 2.26. The topological polar surface area (TPSA) is 64.6 Å². The van der Waals surface area contributed by atoms with Crippen LogP contribution in [0.1, 0.15) is 24.5 Å². The molecule has 3 aromatic carbocycles. The summed E-state index contributed by atoms with van der Waals surface area (Å²) in [6, 6.07) is 19.3. The molecule has 0 aromatic heterocycles. The van der Waals surface area contributed by atoms with E-state index in [4.69, 9.17) is 9.47 Å². The summed E-state index contributed by atoms with van der Waals surface area (Å²) >= 11 is 0. The van der Waals surface area contributed by atoms with Crippen molar-refractivity contribution in [1.29, 1.82) is 0 Å². The minimum atomic E-state index is -0.926. The second kappa shape index (κ2) is 8.35. The van der Waals surface area contributed by atoms with Crippen molar-refractivity contribution in [3.8, 4) is 5.75 Å². The Bertz CT molecular complexity index is 1050. The number of benzene rings is 3. The summed E-state index contributed by atoms with van der Waals surface area (Å²) in [6.07, 6.45) is 2.37. The molecule has 0 saturated carbocycles. The number of hydrogen-bond donors (Lipinski definition) is 1. The van der Waals surface area contributed by atoms with Crippen molar-refractivity contribution in [3.05, 3.63) is 71.8 Å². The highest BCUT2D eigenvalue weighted by Gasteiger charge is 2.19. The van der Waals surface area contributed by atoms with Gasteiger partial charge in [-0.25, -0.2) is 4.79 Å². The van der Waals surface area contributed by atoms with E-state index in [9.17, 15) is 9.59 Å². The zero-order valence-electron chi connectivity index (χ0n) is 16.3. The van der Waals surface area contributed by atoms with E-state index in [2.05, 4.69) is 5.32 Å². The van der Waals surface area contributed by atoms with Crippen LogP contribution in [-0.2, 0) is 27.2 Å². The second-order valence-electron chi connectivity index (χ2n) is 7.22. The van der Waals surface area contributed by atoms with Crippen LogP contribution >= 0.6 is 0 Å². The van der Waals surface area contributed by atoms with E-state index in [1.807, 2.05) is 60.7 Å². The quantitative estimate of drug-likeness (QED) is 0.639. The number of esters is 1. The molecule has 0 heterocycles. The van der Waals surface area contributed by atoms with Crippen LogP contribution < -0.4 is 10.1 Å². The molecule has 1 aliphatic rings. The Labute approximate surface area is 169 Å². The molecule has 0 fully saturated rings. The predicted octanol–water partition coefficient (Wildman–Crippen LogP) is 4.28. The van der Waals surface area contributed by atoms with Gasteiger partial charge in [0.2, 0.25) is 0 Å². The van der Waals surface area contributed by atoms with Crippen molar-refractivity contribution in [2.24, 2.45) is 0 Å². The summed E-state index contributed by atoms with van der Waals surface area (Å²) in [5.41, 5.74) is 3.31. The molecular formula is C24H23NO4. The van der Waals surface area contributed by atoms with Crippen molar-refractivity contribution in [2.75, 3.05) is 11.9 Å². The fraction of sp³-hybridized carbons (Fsp3) is 0.250. The number of nitrogens with one attached hydrogen (secondary N) is 1. The normalized spacial score (nSPS) is 13.6. The first-order valence-electron chi connectivity index (χ1n) is 9.83. The van der Waals surface area contributed by atoms with Gasteiger partial charge in [0.1, 0.15) is 5.75 Å². The zero-order valence-corrected chi connectivity index (χ0v) is 16.3. The molecule has 3 aromatic rings. The van der Waals surface area contributed by atoms with E-state index >= 15 is 0 Å². The van der Waals surface area contributed by atoms with E-state index in [1.165, 1.54) is 11.1 Å². The number of aryl methyl sites for hydroxylation is 2. The highest BCUT2D eigenvalue weighted by molar-refractivity contribution is 6.03. The molecule has 5 nitrogen and oxygen atoms in total. The molecule has 1 aliphatic carbocycles. The van der Waals surface area contributed by atoms with Crippen molar-refractivity contribution in [2.45, 2.75) is 32.3 Å². The van der Waals surface area contributed by atoms with Gasteiger partial charge < -0.3 is 14.8 Å². The van der Waals surface area contributed by atoms with Crippen molar-refractivity contribution >= 4 is 28.3 Å². The number of ether oxygens (including phenoxy) is 2. The van der Waals surface area contributed by atoms with E-state index in [1.54, 1.807) is 6.92 Å². The van der Waals surface area contributed by atoms with Crippen LogP contribution in [-0.4, -0.2) is 24.6 Å². The maximum absolute atomic E-state index is 12.5. The first kappa shape index (κ1) is 19.0. The minimum Gasteiger partial charge on any atom is -0.482 e. The van der Waals surface area contributed by atoms with Crippen LogP contribution in [0.5, 0.6) is 5.75 Å². The van der Waals surface area contributed by atoms with E-state index in [0.717, 1.165) is 30.0 Å². The van der Waals surface area contributed by atoms with Crippen LogP contribution in [0, 0.1) is 0 Å². The SMILES string of the molecule is C[C@H](OC(=O)COc1ccc2c(c1)CCC2)C(=O)Nc1cccc2ccccc12. The monoisotopic (exact) mass is 389 g/mol. The smallest absolute Gasteiger partial charge is 0.344 e. The Morgan fingerprint density at radius 1 is 1.00 bits per heavy atom. The number of carbonyl (C=O) groups is 2. The number of fused-ring (bicyclic) bond motifs is 2. The lowest BCUT2D eigenvalue weighted by atomic mass is 10.1. The molecule has 1 N–H and O–H groups in total. The van der Waals surface area contributed by atoms with Crippen molar-refractivity contribution in [3.63, 3.8) is 0 Å². The number of anilines is 1. The third kappa shape index (κ3) is 4.40. The molecule has 4 rings (SSSR count). The maximum Gasteiger partial charge on any atom is 0.344 e. The van der Waals surface area contributed by atoms with Crippen LogP contribution in [0.4, 0.5) is 5.69 Å². The van der Waals surface area contributed by atoms with Gasteiger partial charge in [-0.3, -0.25) is 4.79 Å². The molecule has 0 bridgehead atoms. The first-order valence-corrected chi connectivity index (χ1v) is 9.83. The van der Waals surface area contributed by atoms with Crippen molar-refractivity contribution < 1.29 is 19.1 Å². The molecule has 0 aliphatic heterocycles. The molecule has 0 radical (unpaired) electrons. The molecule has 29 heavy (non-hydrogen) atoms. The lowest BCUT2D eigenvalue weighted by molar-refractivity contribution is -0.155. The summed E-state index contributed by atoms with van der Waals surface area (Å²) in [5.74, 6) is -0.311. The van der Waals surface area contributed by atoms with Gasteiger partial charge in [0.05, 0.1) is 0 Å². The third-order valence-corrected chi connectivity index (χ3v) is 5.15. The van der Waals surface area contributed by atoms with Gasteiger partial charge in [-0.1, -0.05) is 42.5 Å². The fourth-order valence-corrected chi connectivity index (χ4v) is 3.63. The molecule has 148 valence electrons. The Hall–Kier alpha value is -3.34. The van der Waals surface area contributed by atoms with Gasteiger partial charge in [-0.05, 0) is 60.9 Å². The molecule has 0 saturated heterocycles. The zero-order chi connectivity index (χ0) is 20.2. The Morgan fingerprint density at radius 2 is 1.79 bits per heavy atom. The average molecular weight is 389 g/mol. The molecule has 0 spiro atoms. The number of amides is 1. The number of rotatable bonds is 6. The fourth-order valence-electron chi connectivity index (χ4n) is 3.63. The van der Waals surface area contributed by atoms with Gasteiger partial charge in [-0.2, -0.15) is 0 Å². The maximum atomic E-state index is 12.5. The predicted molar refractivity (Wildman–Crippen MR) is 112 cm³/mol. The molecule has 1 atom stereocenters. The molecule has 1 amide bonds. The Balaban J connectivity index is 1.31. The summed E-state index contributed by atoms with van der Waals surface area (Å²) < 4.78 is 10.8. The van der Waals surface area contributed by atoms with Crippen LogP contribution in [0.2, 0.25) is 0 Å². The third-order valence-electron chi connectivity index (χ3n) is 5.15. The largest absolute Gasteiger partial charge is 0.482 e. The minimum absolute atomic E-state index is 0.231. The average Bonchev–Trinajstić information content (AvgIpc) is 3.20. The number of carbonyl (C=O) groups excluding carboxylic acids is 2. The number of hydrogen-bond acceptors (Lipinski definition) is 4. The van der Waals surface area contributed by atoms with Gasteiger partial charge in [0.25, 0.3) is 5.91 Å². The summed E-state index contributed by atoms with van der Waals surface area (Å²) in [4.78, 5) is 24.6. The lowest BCUT2D eigenvalue weighted by Gasteiger charge is -2.15. The highest BCUT2D eigenvalue weighted by atomic mass is 16.6. The van der Waals surface area contributed by atoms with Gasteiger partial charge in [0.15, 0.2) is 12.7 Å². The summed E-state index contributed by atoms with van der Waals surface area (Å²) in [6.45, 7) is 1.32. The standard InChI is InChI=1S/C24H23NO4/c1-16(24(27)25-22-11-5-8-18-6-2-3-10-21(18)22)29-23(26)15-28-20-13-12-17-7-4-9-19(17)14-20/h2-3,5-6,8,10-14,16H,4,7,9,15H2,1H3,(H,25,27)/t16-/m0/s1. The summed E-state index contributed by atoms with van der Waals surface area (Å²) in [5, 5.41) is 4.79. The second-order valence-corrected chi connectivity index (χ2v) is 7.22. The molecule has 0 unspecified atom stereocenters. The van der Waals surface area contributed by atoms with Crippen LogP contribution in [0.3, 0.4) is 0 Å².